The molecule has 1 aliphatic heterocycles. The number of hydrogen-bond acceptors (Lipinski definition) is 5. The highest BCUT2D eigenvalue weighted by Gasteiger charge is 2.29. The number of ketones is 1. The third-order valence-electron chi connectivity index (χ3n) is 7.38. The number of carbonyl (C=O) groups excluding carboxylic acids is 1. The minimum absolute atomic E-state index is 0.232. The number of halogens is 4. The number of allylic oxidation sites excluding steroid dienone is 9. The van der Waals surface area contributed by atoms with Crippen LogP contribution >= 0.6 is 23.4 Å². The van der Waals surface area contributed by atoms with Crippen molar-refractivity contribution < 1.29 is 22.7 Å². The van der Waals surface area contributed by atoms with Gasteiger partial charge in [0.15, 0.2) is 17.4 Å². The van der Waals surface area contributed by atoms with Crippen LogP contribution in [0, 0.1) is 5.82 Å². The van der Waals surface area contributed by atoms with E-state index in [9.17, 15) is 18.0 Å². The summed E-state index contributed by atoms with van der Waals surface area (Å²) in [7, 11) is 3.61. The van der Waals surface area contributed by atoms with Gasteiger partial charge in [-0.05, 0) is 96.7 Å². The summed E-state index contributed by atoms with van der Waals surface area (Å²) in [5, 5.41) is 4.32. The quantitative estimate of drug-likeness (QED) is 0.266. The van der Waals surface area contributed by atoms with Crippen LogP contribution in [0.2, 0.25) is 5.02 Å². The van der Waals surface area contributed by atoms with Crippen LogP contribution in [0.1, 0.15) is 54.6 Å². The Morgan fingerprint density at radius 3 is 2.63 bits per heavy atom. The van der Waals surface area contributed by atoms with Crippen molar-refractivity contribution in [1.29, 1.82) is 0 Å². The molecule has 2 aromatic carbocycles. The number of Topliss-reactive ketones (excluding diaryl/α,β-unsaturated/α-hetero) is 1. The van der Waals surface area contributed by atoms with E-state index in [1.807, 2.05) is 44.0 Å². The molecule has 0 atom stereocenters. The normalized spacial score (nSPS) is 16.0. The van der Waals surface area contributed by atoms with Crippen LogP contribution in [-0.4, -0.2) is 31.4 Å². The first-order valence-corrected chi connectivity index (χ1v) is 15.0. The molecule has 0 bridgehead atoms. The molecule has 1 N–H and O–H groups in total. The van der Waals surface area contributed by atoms with Crippen molar-refractivity contribution in [2.24, 2.45) is 0 Å². The van der Waals surface area contributed by atoms with Gasteiger partial charge in [-0.3, -0.25) is 4.79 Å². The van der Waals surface area contributed by atoms with Crippen LogP contribution in [0.15, 0.2) is 99.6 Å². The molecule has 0 aromatic heterocycles. The van der Waals surface area contributed by atoms with Crippen LogP contribution < -0.4 is 10.1 Å². The van der Waals surface area contributed by atoms with E-state index in [2.05, 4.69) is 11.9 Å². The van der Waals surface area contributed by atoms with E-state index in [0.717, 1.165) is 33.2 Å². The Morgan fingerprint density at radius 1 is 1.14 bits per heavy atom. The van der Waals surface area contributed by atoms with E-state index in [0.29, 0.717) is 46.1 Å². The SMILES string of the molecule is C=C(NC)S/C(C)=C(\C)c1ccc(OCCCC2=C(C3=CC(F)=C(F)C=CC3)N(C)Cc3ccc(F)cc3C2=O)c(Cl)c1. The van der Waals surface area contributed by atoms with Gasteiger partial charge in [-0.25, -0.2) is 13.2 Å². The Balaban J connectivity index is 1.57. The molecule has 0 fully saturated rings. The number of likely N-dealkylation sites (N-methyl/N-ethyl adjacent to an activating group) is 1. The zero-order valence-corrected chi connectivity index (χ0v) is 26.2. The number of hydrogen-bond donors (Lipinski definition) is 1. The topological polar surface area (TPSA) is 41.6 Å². The molecule has 43 heavy (non-hydrogen) atoms. The summed E-state index contributed by atoms with van der Waals surface area (Å²) in [6, 6.07) is 9.73. The molecule has 0 saturated heterocycles. The summed E-state index contributed by atoms with van der Waals surface area (Å²) in [6.07, 6.45) is 4.67. The average Bonchev–Trinajstić information content (AvgIpc) is 3.20. The fourth-order valence-corrected chi connectivity index (χ4v) is 5.99. The molecule has 1 aliphatic carbocycles. The van der Waals surface area contributed by atoms with Crippen molar-refractivity contribution in [2.45, 2.75) is 39.7 Å². The number of nitrogens with one attached hydrogen (secondary N) is 1. The maximum Gasteiger partial charge on any atom is 0.191 e. The van der Waals surface area contributed by atoms with Gasteiger partial charge in [-0.15, -0.1) is 0 Å². The van der Waals surface area contributed by atoms with Gasteiger partial charge < -0.3 is 15.0 Å². The van der Waals surface area contributed by atoms with E-state index in [-0.39, 0.29) is 30.8 Å². The molecule has 4 rings (SSSR count). The van der Waals surface area contributed by atoms with Crippen LogP contribution in [0.5, 0.6) is 5.75 Å². The van der Waals surface area contributed by atoms with Gasteiger partial charge in [0.05, 0.1) is 16.7 Å². The van der Waals surface area contributed by atoms with Crippen molar-refractivity contribution in [3.63, 3.8) is 0 Å². The maximum atomic E-state index is 14.5. The Kier molecular flexibility index (Phi) is 10.7. The van der Waals surface area contributed by atoms with Gasteiger partial charge in [0.2, 0.25) is 0 Å². The molecule has 0 unspecified atom stereocenters. The van der Waals surface area contributed by atoms with Crippen molar-refractivity contribution >= 4 is 34.7 Å². The summed E-state index contributed by atoms with van der Waals surface area (Å²) in [4.78, 5) is 16.8. The largest absolute Gasteiger partial charge is 0.492 e. The number of carbonyl (C=O) groups is 1. The molecule has 4 nitrogen and oxygen atoms in total. The van der Waals surface area contributed by atoms with Gasteiger partial charge in [-0.1, -0.05) is 48.2 Å². The minimum atomic E-state index is -1.00. The fourth-order valence-electron chi connectivity index (χ4n) is 5.02. The summed E-state index contributed by atoms with van der Waals surface area (Å²) < 4.78 is 48.7. The zero-order valence-electron chi connectivity index (χ0n) is 24.6. The third-order valence-corrected chi connectivity index (χ3v) is 8.74. The summed E-state index contributed by atoms with van der Waals surface area (Å²) in [6.45, 7) is 8.55. The zero-order chi connectivity index (χ0) is 31.3. The van der Waals surface area contributed by atoms with Crippen molar-refractivity contribution in [2.75, 3.05) is 20.7 Å². The molecule has 226 valence electrons. The highest BCUT2D eigenvalue weighted by molar-refractivity contribution is 8.06. The van der Waals surface area contributed by atoms with Gasteiger partial charge in [0.1, 0.15) is 11.6 Å². The predicted molar refractivity (Wildman–Crippen MR) is 171 cm³/mol. The van der Waals surface area contributed by atoms with Crippen molar-refractivity contribution in [3.8, 4) is 5.75 Å². The van der Waals surface area contributed by atoms with Gasteiger partial charge in [0, 0.05) is 37.5 Å². The lowest BCUT2D eigenvalue weighted by Crippen LogP contribution is -2.20. The number of nitrogens with zero attached hydrogens (tertiary/aromatic N) is 1. The van der Waals surface area contributed by atoms with Crippen molar-refractivity contribution in [1.82, 2.24) is 10.2 Å². The molecule has 0 amide bonds. The van der Waals surface area contributed by atoms with E-state index >= 15 is 0 Å². The Morgan fingerprint density at radius 2 is 1.91 bits per heavy atom. The Hall–Kier alpha value is -3.62. The monoisotopic (exact) mass is 626 g/mol. The lowest BCUT2D eigenvalue weighted by Gasteiger charge is -2.25. The molecule has 2 aliphatic rings. The minimum Gasteiger partial charge on any atom is -0.492 e. The van der Waals surface area contributed by atoms with Crippen molar-refractivity contribution in [3.05, 3.63) is 127 Å². The molecular formula is C34H34ClF3N2O2S. The highest BCUT2D eigenvalue weighted by atomic mass is 35.5. The van der Waals surface area contributed by atoms with Crippen LogP contribution in [0.3, 0.4) is 0 Å². The number of fused-ring (bicyclic) bond motifs is 1. The second kappa shape index (κ2) is 14.2. The fraction of sp³-hybridized carbons (Fsp3) is 0.265. The number of benzene rings is 2. The second-order valence-corrected chi connectivity index (χ2v) is 12.1. The molecule has 9 heteroatoms. The summed E-state index contributed by atoms with van der Waals surface area (Å²) in [5.41, 5.74) is 4.32. The van der Waals surface area contributed by atoms with E-state index < -0.39 is 17.5 Å². The standard InChI is InChI=1S/C34H34ClF3N2O2S/c1-20(21(2)43-22(3)39-4)23-12-14-32(29(35)16-23)42-15-7-9-27-33(24-8-6-10-30(37)31(38)17-24)40(5)19-25-11-13-26(36)18-28(25)34(27)41/h6,10-14,16-18,39H,3,7-9,15,19H2,1-2,4-5H3/b21-20+. The third kappa shape index (κ3) is 7.67. The molecule has 2 aromatic rings. The van der Waals surface area contributed by atoms with Gasteiger partial charge in [0.25, 0.3) is 0 Å². The maximum absolute atomic E-state index is 14.5. The Labute approximate surface area is 260 Å². The number of ether oxygens (including phenoxy) is 1. The van der Waals surface area contributed by atoms with Gasteiger partial charge >= 0.3 is 0 Å². The highest BCUT2D eigenvalue weighted by Crippen LogP contribution is 2.36. The van der Waals surface area contributed by atoms with E-state index in [1.165, 1.54) is 18.2 Å². The van der Waals surface area contributed by atoms with E-state index in [1.54, 1.807) is 24.9 Å². The first kappa shape index (κ1) is 32.3. The molecule has 0 saturated carbocycles. The molecule has 1 heterocycles. The molecule has 0 radical (unpaired) electrons. The van der Waals surface area contributed by atoms with Crippen LogP contribution in [0.25, 0.3) is 5.57 Å². The van der Waals surface area contributed by atoms with E-state index in [4.69, 9.17) is 16.3 Å². The lowest BCUT2D eigenvalue weighted by molar-refractivity contribution is 0.102. The summed E-state index contributed by atoms with van der Waals surface area (Å²) >= 11 is 8.11. The first-order valence-electron chi connectivity index (χ1n) is 13.8. The lowest BCUT2D eigenvalue weighted by atomic mass is 9.93. The van der Waals surface area contributed by atoms with Crippen LogP contribution in [-0.2, 0) is 6.54 Å². The second-order valence-electron chi connectivity index (χ2n) is 10.3. The molecular weight excluding hydrogens is 593 g/mol. The average molecular weight is 627 g/mol. The predicted octanol–water partition coefficient (Wildman–Crippen LogP) is 9.43. The van der Waals surface area contributed by atoms with Gasteiger partial charge in [-0.2, -0.15) is 0 Å². The number of thioether (sulfide) groups is 1. The Bertz CT molecular complexity index is 1610. The number of rotatable bonds is 10. The smallest absolute Gasteiger partial charge is 0.191 e. The summed E-state index contributed by atoms with van der Waals surface area (Å²) in [5.74, 6) is -2.32. The molecule has 0 spiro atoms. The first-order chi connectivity index (χ1) is 20.5. The van der Waals surface area contributed by atoms with Crippen LogP contribution in [0.4, 0.5) is 13.2 Å².